The van der Waals surface area contributed by atoms with Gasteiger partial charge in [-0.05, 0) is 25.3 Å². The van der Waals surface area contributed by atoms with Gasteiger partial charge in [-0.2, -0.15) is 0 Å². The molecule has 0 fully saturated rings. The molecule has 3 nitrogen and oxygen atoms in total. The standard InChI is InChI=1S/C14H22N2O/c1-12(16-11-10-14(17)15-2)8-9-13-6-4-3-5-7-13/h3-7,12,16H,8-11H2,1-2H3,(H,15,17). The van der Waals surface area contributed by atoms with Gasteiger partial charge in [0, 0.05) is 26.1 Å². The van der Waals surface area contributed by atoms with Crippen LogP contribution in [0.1, 0.15) is 25.3 Å². The van der Waals surface area contributed by atoms with Gasteiger partial charge >= 0.3 is 0 Å². The fraction of sp³-hybridized carbons (Fsp3) is 0.500. The van der Waals surface area contributed by atoms with Gasteiger partial charge in [-0.3, -0.25) is 4.79 Å². The van der Waals surface area contributed by atoms with E-state index in [9.17, 15) is 4.79 Å². The summed E-state index contributed by atoms with van der Waals surface area (Å²) in [6.45, 7) is 2.91. The van der Waals surface area contributed by atoms with Gasteiger partial charge < -0.3 is 10.6 Å². The number of carbonyl (C=O) groups is 1. The predicted octanol–water partition coefficient (Wildman–Crippen LogP) is 1.73. The first-order valence-electron chi connectivity index (χ1n) is 6.20. The largest absolute Gasteiger partial charge is 0.359 e. The summed E-state index contributed by atoms with van der Waals surface area (Å²) >= 11 is 0. The zero-order valence-corrected chi connectivity index (χ0v) is 10.7. The lowest BCUT2D eigenvalue weighted by Gasteiger charge is -2.13. The average Bonchev–Trinajstić information content (AvgIpc) is 2.37. The highest BCUT2D eigenvalue weighted by Gasteiger charge is 2.03. The molecule has 0 saturated heterocycles. The molecule has 1 rings (SSSR count). The maximum Gasteiger partial charge on any atom is 0.221 e. The van der Waals surface area contributed by atoms with E-state index < -0.39 is 0 Å². The summed E-state index contributed by atoms with van der Waals surface area (Å²) in [5, 5.41) is 5.97. The molecule has 17 heavy (non-hydrogen) atoms. The highest BCUT2D eigenvalue weighted by atomic mass is 16.1. The third-order valence-electron chi connectivity index (χ3n) is 2.83. The molecule has 1 atom stereocenters. The molecule has 0 bridgehead atoms. The van der Waals surface area contributed by atoms with E-state index >= 15 is 0 Å². The van der Waals surface area contributed by atoms with E-state index in [0.717, 1.165) is 19.4 Å². The number of nitrogens with one attached hydrogen (secondary N) is 2. The van der Waals surface area contributed by atoms with Crippen molar-refractivity contribution < 1.29 is 4.79 Å². The average molecular weight is 234 g/mol. The smallest absolute Gasteiger partial charge is 0.221 e. The van der Waals surface area contributed by atoms with Crippen LogP contribution in [0.4, 0.5) is 0 Å². The van der Waals surface area contributed by atoms with Crippen LogP contribution in [0.25, 0.3) is 0 Å². The summed E-state index contributed by atoms with van der Waals surface area (Å²) < 4.78 is 0. The molecule has 0 aliphatic rings. The molecular formula is C14H22N2O. The van der Waals surface area contributed by atoms with E-state index in [1.807, 2.05) is 6.07 Å². The molecule has 3 heteroatoms. The molecule has 1 aromatic carbocycles. The lowest BCUT2D eigenvalue weighted by Crippen LogP contribution is -2.31. The van der Waals surface area contributed by atoms with Gasteiger partial charge in [-0.1, -0.05) is 30.3 Å². The van der Waals surface area contributed by atoms with E-state index in [1.54, 1.807) is 7.05 Å². The Morgan fingerprint density at radius 1 is 1.29 bits per heavy atom. The molecule has 94 valence electrons. The minimum Gasteiger partial charge on any atom is -0.359 e. The molecule has 1 amide bonds. The fourth-order valence-electron chi connectivity index (χ4n) is 1.69. The van der Waals surface area contributed by atoms with Crippen molar-refractivity contribution in [1.29, 1.82) is 0 Å². The quantitative estimate of drug-likeness (QED) is 0.754. The Morgan fingerprint density at radius 3 is 2.65 bits per heavy atom. The molecule has 0 heterocycles. The van der Waals surface area contributed by atoms with Gasteiger partial charge in [0.15, 0.2) is 0 Å². The molecule has 0 aliphatic heterocycles. The van der Waals surface area contributed by atoms with Gasteiger partial charge in [0.25, 0.3) is 0 Å². The van der Waals surface area contributed by atoms with Crippen LogP contribution in [0.3, 0.4) is 0 Å². The van der Waals surface area contributed by atoms with Gasteiger partial charge in [-0.15, -0.1) is 0 Å². The van der Waals surface area contributed by atoms with Crippen LogP contribution in [0, 0.1) is 0 Å². The van der Waals surface area contributed by atoms with Gasteiger partial charge in [0.1, 0.15) is 0 Å². The Balaban J connectivity index is 2.13. The van der Waals surface area contributed by atoms with Crippen molar-refractivity contribution in [2.75, 3.05) is 13.6 Å². The Bertz CT molecular complexity index is 324. The third kappa shape index (κ3) is 6.07. The van der Waals surface area contributed by atoms with Crippen molar-refractivity contribution >= 4 is 5.91 Å². The van der Waals surface area contributed by atoms with Gasteiger partial charge in [0.2, 0.25) is 5.91 Å². The van der Waals surface area contributed by atoms with Crippen molar-refractivity contribution in [1.82, 2.24) is 10.6 Å². The first kappa shape index (κ1) is 13.7. The molecule has 0 radical (unpaired) electrons. The first-order valence-corrected chi connectivity index (χ1v) is 6.20. The number of aryl methyl sites for hydroxylation is 1. The lowest BCUT2D eigenvalue weighted by molar-refractivity contribution is -0.120. The SMILES string of the molecule is CNC(=O)CCNC(C)CCc1ccccc1. The van der Waals surface area contributed by atoms with Crippen LogP contribution in [-0.2, 0) is 11.2 Å². The van der Waals surface area contributed by atoms with E-state index in [4.69, 9.17) is 0 Å². The number of rotatable bonds is 7. The number of carbonyl (C=O) groups excluding carboxylic acids is 1. The highest BCUT2D eigenvalue weighted by molar-refractivity contribution is 5.75. The Hall–Kier alpha value is -1.35. The third-order valence-corrected chi connectivity index (χ3v) is 2.83. The van der Waals surface area contributed by atoms with Crippen molar-refractivity contribution in [2.45, 2.75) is 32.2 Å². The second-order valence-corrected chi connectivity index (χ2v) is 4.30. The molecule has 0 saturated carbocycles. The zero-order valence-electron chi connectivity index (χ0n) is 10.7. The second kappa shape index (κ2) is 7.85. The summed E-state index contributed by atoms with van der Waals surface area (Å²) in [5.74, 6) is 0.0905. The molecule has 2 N–H and O–H groups in total. The molecule has 1 unspecified atom stereocenters. The van der Waals surface area contributed by atoms with Crippen molar-refractivity contribution in [3.05, 3.63) is 35.9 Å². The predicted molar refractivity (Wildman–Crippen MR) is 70.9 cm³/mol. The van der Waals surface area contributed by atoms with Crippen molar-refractivity contribution in [2.24, 2.45) is 0 Å². The minimum absolute atomic E-state index is 0.0905. The number of benzene rings is 1. The molecule has 0 aliphatic carbocycles. The van der Waals surface area contributed by atoms with Crippen molar-refractivity contribution in [3.63, 3.8) is 0 Å². The summed E-state index contributed by atoms with van der Waals surface area (Å²) in [7, 11) is 1.67. The molecule has 0 spiro atoms. The fourth-order valence-corrected chi connectivity index (χ4v) is 1.69. The topological polar surface area (TPSA) is 41.1 Å². The molecular weight excluding hydrogens is 212 g/mol. The summed E-state index contributed by atoms with van der Waals surface area (Å²) in [6, 6.07) is 10.9. The zero-order chi connectivity index (χ0) is 12.5. The maximum absolute atomic E-state index is 11.0. The summed E-state index contributed by atoms with van der Waals surface area (Å²) in [6.07, 6.45) is 2.72. The number of amides is 1. The summed E-state index contributed by atoms with van der Waals surface area (Å²) in [5.41, 5.74) is 1.37. The first-order chi connectivity index (χ1) is 8.22. The normalized spacial score (nSPS) is 12.1. The monoisotopic (exact) mass is 234 g/mol. The molecule has 0 aromatic heterocycles. The number of hydrogen-bond donors (Lipinski definition) is 2. The molecule has 1 aromatic rings. The summed E-state index contributed by atoms with van der Waals surface area (Å²) in [4.78, 5) is 11.0. The van der Waals surface area contributed by atoms with Crippen LogP contribution in [0.15, 0.2) is 30.3 Å². The van der Waals surface area contributed by atoms with Crippen molar-refractivity contribution in [3.8, 4) is 0 Å². The van der Waals surface area contributed by atoms with E-state index in [2.05, 4.69) is 41.8 Å². The Morgan fingerprint density at radius 2 is 2.00 bits per heavy atom. The van der Waals surface area contributed by atoms with Crippen LogP contribution < -0.4 is 10.6 Å². The maximum atomic E-state index is 11.0. The number of hydrogen-bond acceptors (Lipinski definition) is 2. The van der Waals surface area contributed by atoms with E-state index in [1.165, 1.54) is 5.56 Å². The van der Waals surface area contributed by atoms with Gasteiger partial charge in [0.05, 0.1) is 0 Å². The van der Waals surface area contributed by atoms with Crippen LogP contribution in [0.5, 0.6) is 0 Å². The lowest BCUT2D eigenvalue weighted by atomic mass is 10.1. The van der Waals surface area contributed by atoms with Crippen LogP contribution in [0.2, 0.25) is 0 Å². The Labute approximate surface area is 104 Å². The van der Waals surface area contributed by atoms with Gasteiger partial charge in [-0.25, -0.2) is 0 Å². The van der Waals surface area contributed by atoms with Crippen LogP contribution >= 0.6 is 0 Å². The Kier molecular flexibility index (Phi) is 6.33. The van der Waals surface area contributed by atoms with Crippen LogP contribution in [-0.4, -0.2) is 25.5 Å². The highest BCUT2D eigenvalue weighted by Crippen LogP contribution is 2.04. The minimum atomic E-state index is 0.0905. The second-order valence-electron chi connectivity index (χ2n) is 4.30. The van der Waals surface area contributed by atoms with E-state index in [-0.39, 0.29) is 5.91 Å². The van der Waals surface area contributed by atoms with E-state index in [0.29, 0.717) is 12.5 Å².